The first-order chi connectivity index (χ1) is 9.12. The first-order valence-corrected chi connectivity index (χ1v) is 7.21. The first-order valence-electron chi connectivity index (χ1n) is 7.21. The van der Waals surface area contributed by atoms with Crippen LogP contribution in [0.25, 0.3) is 0 Å². The smallest absolute Gasteiger partial charge is 0.224 e. The topological polar surface area (TPSA) is 43.8 Å². The zero-order valence-electron chi connectivity index (χ0n) is 12.1. The van der Waals surface area contributed by atoms with Gasteiger partial charge in [0.15, 0.2) is 0 Å². The van der Waals surface area contributed by atoms with Crippen LogP contribution in [0.3, 0.4) is 0 Å². The maximum atomic E-state index is 11.8. The number of likely N-dealkylation sites (tertiary alicyclic amines) is 1. The maximum absolute atomic E-state index is 11.8. The Bertz CT molecular complexity index is 325. The number of hydrogen-bond acceptors (Lipinski definition) is 3. The Morgan fingerprint density at radius 2 is 2.32 bits per heavy atom. The third kappa shape index (κ3) is 4.85. The van der Waals surface area contributed by atoms with E-state index in [9.17, 15) is 4.79 Å². The van der Waals surface area contributed by atoms with Crippen molar-refractivity contribution < 1.29 is 9.90 Å². The van der Waals surface area contributed by atoms with Gasteiger partial charge in [0.25, 0.3) is 0 Å². The highest BCUT2D eigenvalue weighted by molar-refractivity contribution is 5.79. The van der Waals surface area contributed by atoms with Crippen molar-refractivity contribution >= 4 is 5.91 Å². The molecule has 0 radical (unpaired) electrons. The average molecular weight is 266 g/mol. The molecule has 0 aromatic carbocycles. The van der Waals surface area contributed by atoms with Crippen LogP contribution in [0.2, 0.25) is 0 Å². The monoisotopic (exact) mass is 266 g/mol. The maximum Gasteiger partial charge on any atom is 0.224 e. The van der Waals surface area contributed by atoms with Crippen LogP contribution in [-0.4, -0.2) is 59.6 Å². The van der Waals surface area contributed by atoms with Crippen LogP contribution in [0.4, 0.5) is 0 Å². The second-order valence-corrected chi connectivity index (χ2v) is 5.26. The highest BCUT2D eigenvalue weighted by Gasteiger charge is 2.31. The number of likely N-dealkylation sites (N-methyl/N-ethyl adjacent to an activating group) is 1. The summed E-state index contributed by atoms with van der Waals surface area (Å²) in [4.78, 5) is 16.0. The minimum absolute atomic E-state index is 0.0940. The van der Waals surface area contributed by atoms with E-state index in [4.69, 9.17) is 11.5 Å². The summed E-state index contributed by atoms with van der Waals surface area (Å²) in [5.74, 6) is 2.97. The SMILES string of the molecule is C#CC1CC(=O)N(C(C)CCCN(CC)CCO)C1. The van der Waals surface area contributed by atoms with E-state index in [1.807, 2.05) is 4.90 Å². The average Bonchev–Trinajstić information content (AvgIpc) is 2.79. The third-order valence-electron chi connectivity index (χ3n) is 3.89. The lowest BCUT2D eigenvalue weighted by Crippen LogP contribution is -2.35. The summed E-state index contributed by atoms with van der Waals surface area (Å²) < 4.78 is 0. The first kappa shape index (κ1) is 16.0. The van der Waals surface area contributed by atoms with Crippen molar-refractivity contribution in [2.45, 2.75) is 39.2 Å². The minimum Gasteiger partial charge on any atom is -0.395 e. The quantitative estimate of drug-likeness (QED) is 0.665. The van der Waals surface area contributed by atoms with Gasteiger partial charge in [0, 0.05) is 31.5 Å². The molecule has 1 aliphatic heterocycles. The van der Waals surface area contributed by atoms with Gasteiger partial charge in [-0.25, -0.2) is 0 Å². The number of aliphatic hydroxyl groups is 1. The zero-order valence-corrected chi connectivity index (χ0v) is 12.1. The van der Waals surface area contributed by atoms with Gasteiger partial charge in [-0.15, -0.1) is 12.3 Å². The van der Waals surface area contributed by atoms with E-state index in [-0.39, 0.29) is 24.5 Å². The van der Waals surface area contributed by atoms with Gasteiger partial charge in [-0.3, -0.25) is 4.79 Å². The van der Waals surface area contributed by atoms with E-state index in [0.29, 0.717) is 13.0 Å². The van der Waals surface area contributed by atoms with Crippen LogP contribution in [-0.2, 0) is 4.79 Å². The summed E-state index contributed by atoms with van der Waals surface area (Å²) in [5.41, 5.74) is 0. The molecular weight excluding hydrogens is 240 g/mol. The van der Waals surface area contributed by atoms with E-state index >= 15 is 0 Å². The molecule has 1 aliphatic rings. The number of nitrogens with zero attached hydrogens (tertiary/aromatic N) is 2. The van der Waals surface area contributed by atoms with Gasteiger partial charge in [0.1, 0.15) is 0 Å². The molecule has 0 spiro atoms. The number of hydrogen-bond donors (Lipinski definition) is 1. The molecule has 1 amide bonds. The predicted molar refractivity (Wildman–Crippen MR) is 76.5 cm³/mol. The van der Waals surface area contributed by atoms with Crippen molar-refractivity contribution in [2.24, 2.45) is 5.92 Å². The molecule has 0 aromatic heterocycles. The van der Waals surface area contributed by atoms with E-state index in [0.717, 1.165) is 32.5 Å². The molecule has 4 nitrogen and oxygen atoms in total. The Morgan fingerprint density at radius 3 is 2.84 bits per heavy atom. The van der Waals surface area contributed by atoms with Gasteiger partial charge >= 0.3 is 0 Å². The van der Waals surface area contributed by atoms with E-state index in [1.54, 1.807) is 0 Å². The van der Waals surface area contributed by atoms with Crippen molar-refractivity contribution in [3.05, 3.63) is 0 Å². The molecule has 0 bridgehead atoms. The Balaban J connectivity index is 2.30. The van der Waals surface area contributed by atoms with Crippen molar-refractivity contribution in [2.75, 3.05) is 32.8 Å². The van der Waals surface area contributed by atoms with Gasteiger partial charge in [-0.2, -0.15) is 0 Å². The van der Waals surface area contributed by atoms with Crippen LogP contribution in [0.15, 0.2) is 0 Å². The van der Waals surface area contributed by atoms with E-state index in [2.05, 4.69) is 24.7 Å². The fourth-order valence-corrected chi connectivity index (χ4v) is 2.60. The number of aliphatic hydroxyl groups excluding tert-OH is 1. The van der Waals surface area contributed by atoms with Gasteiger partial charge in [0.2, 0.25) is 5.91 Å². The number of carbonyl (C=O) groups is 1. The number of amides is 1. The highest BCUT2D eigenvalue weighted by Crippen LogP contribution is 2.21. The minimum atomic E-state index is 0.0940. The Morgan fingerprint density at radius 1 is 1.58 bits per heavy atom. The fourth-order valence-electron chi connectivity index (χ4n) is 2.60. The molecule has 108 valence electrons. The van der Waals surface area contributed by atoms with Crippen LogP contribution in [0, 0.1) is 18.3 Å². The Kier molecular flexibility index (Phi) is 6.90. The van der Waals surface area contributed by atoms with Crippen LogP contribution in [0.5, 0.6) is 0 Å². The highest BCUT2D eigenvalue weighted by atomic mass is 16.3. The van der Waals surface area contributed by atoms with Crippen LogP contribution < -0.4 is 0 Å². The molecule has 1 heterocycles. The molecule has 0 aromatic rings. The van der Waals surface area contributed by atoms with Crippen LogP contribution in [0.1, 0.15) is 33.1 Å². The molecule has 1 fully saturated rings. The molecule has 1 rings (SSSR count). The molecule has 4 heteroatoms. The molecule has 2 unspecified atom stereocenters. The van der Waals surface area contributed by atoms with Crippen molar-refractivity contribution in [3.8, 4) is 12.3 Å². The normalized spacial score (nSPS) is 20.9. The summed E-state index contributed by atoms with van der Waals surface area (Å²) in [6, 6.07) is 0.263. The molecule has 0 aliphatic carbocycles. The van der Waals surface area contributed by atoms with Gasteiger partial charge in [-0.1, -0.05) is 6.92 Å². The molecule has 2 atom stereocenters. The zero-order chi connectivity index (χ0) is 14.3. The summed E-state index contributed by atoms with van der Waals surface area (Å²) >= 11 is 0. The van der Waals surface area contributed by atoms with Crippen molar-refractivity contribution in [1.82, 2.24) is 9.80 Å². The Labute approximate surface area is 116 Å². The fraction of sp³-hybridized carbons (Fsp3) is 0.800. The molecule has 19 heavy (non-hydrogen) atoms. The number of rotatable bonds is 8. The second kappa shape index (κ2) is 8.19. The van der Waals surface area contributed by atoms with Gasteiger partial charge < -0.3 is 14.9 Å². The number of carbonyl (C=O) groups excluding carboxylic acids is 1. The predicted octanol–water partition coefficient (Wildman–Crippen LogP) is 0.951. The summed E-state index contributed by atoms with van der Waals surface area (Å²) in [7, 11) is 0. The molecular formula is C15H26N2O2. The summed E-state index contributed by atoms with van der Waals surface area (Å²) in [6.07, 6.45) is 7.93. The van der Waals surface area contributed by atoms with Gasteiger partial charge in [0.05, 0.1) is 6.61 Å². The lowest BCUT2D eigenvalue weighted by atomic mass is 10.1. The summed E-state index contributed by atoms with van der Waals surface area (Å²) in [6.45, 7) is 7.77. The van der Waals surface area contributed by atoms with E-state index < -0.39 is 0 Å². The van der Waals surface area contributed by atoms with Crippen LogP contribution >= 0.6 is 0 Å². The Hall–Kier alpha value is -1.05. The summed E-state index contributed by atoms with van der Waals surface area (Å²) in [5, 5.41) is 8.93. The van der Waals surface area contributed by atoms with Crippen molar-refractivity contribution in [1.29, 1.82) is 0 Å². The molecule has 0 saturated carbocycles. The van der Waals surface area contributed by atoms with Crippen molar-refractivity contribution in [3.63, 3.8) is 0 Å². The lowest BCUT2D eigenvalue weighted by molar-refractivity contribution is -0.129. The lowest BCUT2D eigenvalue weighted by Gasteiger charge is -2.26. The largest absolute Gasteiger partial charge is 0.395 e. The number of terminal acetylenes is 1. The van der Waals surface area contributed by atoms with E-state index in [1.165, 1.54) is 0 Å². The van der Waals surface area contributed by atoms with Gasteiger partial charge in [-0.05, 0) is 32.9 Å². The second-order valence-electron chi connectivity index (χ2n) is 5.26. The molecule has 1 N–H and O–H groups in total. The third-order valence-corrected chi connectivity index (χ3v) is 3.89. The molecule has 1 saturated heterocycles. The standard InChI is InChI=1S/C15H26N2O2/c1-4-14-11-15(19)17(12-14)13(3)7-6-8-16(5-2)9-10-18/h1,13-14,18H,5-12H2,2-3H3.